The molecule has 2 aromatic rings. The Morgan fingerprint density at radius 2 is 1.29 bits per heavy atom. The predicted octanol–water partition coefficient (Wildman–Crippen LogP) is 1.94. The fraction of sp³-hybridized carbons (Fsp3) is 0.222. The number of non-ortho nitro benzene ring substituents is 2. The third-order valence-corrected chi connectivity index (χ3v) is 3.69. The van der Waals surface area contributed by atoms with Crippen LogP contribution in [0.3, 0.4) is 0 Å². The highest BCUT2D eigenvalue weighted by Crippen LogP contribution is 2.23. The van der Waals surface area contributed by atoms with Crippen molar-refractivity contribution in [3.8, 4) is 0 Å². The number of hydrogen-bond acceptors (Lipinski definition) is 8. The van der Waals surface area contributed by atoms with Crippen molar-refractivity contribution in [3.05, 3.63) is 72.8 Å². The lowest BCUT2D eigenvalue weighted by atomic mass is 10.1. The maximum atomic E-state index is 11.1. The Morgan fingerprint density at radius 1 is 0.903 bits per heavy atom. The molecule has 2 rings (SSSR count). The second kappa shape index (κ2) is 12.7. The maximum absolute atomic E-state index is 11.1. The summed E-state index contributed by atoms with van der Waals surface area (Å²) in [5, 5.41) is 23.7. The molecule has 0 radical (unpaired) electrons. The third kappa shape index (κ3) is 8.64. The van der Waals surface area contributed by atoms with Crippen LogP contribution in [0.15, 0.2) is 36.4 Å². The van der Waals surface area contributed by atoms with Crippen LogP contribution < -0.4 is 21.7 Å². The fourth-order valence-electron chi connectivity index (χ4n) is 2.04. The van der Waals surface area contributed by atoms with Gasteiger partial charge in [-0.15, -0.1) is 0 Å². The van der Waals surface area contributed by atoms with Crippen LogP contribution in [0.1, 0.15) is 20.7 Å². The molecular weight excluding hydrogens is 432 g/mol. The molecule has 0 aliphatic heterocycles. The first-order chi connectivity index (χ1) is 14.4. The Kier molecular flexibility index (Phi) is 11.2. The van der Waals surface area contributed by atoms with E-state index in [2.05, 4.69) is 5.32 Å². The lowest BCUT2D eigenvalue weighted by molar-refractivity contribution is -0.385. The normalized spacial score (nSPS) is 9.32. The zero-order valence-electron chi connectivity index (χ0n) is 17.3. The van der Waals surface area contributed by atoms with Gasteiger partial charge < -0.3 is 21.7 Å². The number of primary amides is 2. The summed E-state index contributed by atoms with van der Waals surface area (Å²) in [5.41, 5.74) is 10.4. The number of carbonyl (C=O) groups is 2. The molecule has 0 saturated heterocycles. The first-order valence-corrected chi connectivity index (χ1v) is 8.82. The van der Waals surface area contributed by atoms with E-state index in [9.17, 15) is 29.8 Å². The highest BCUT2D eigenvalue weighted by Gasteiger charge is 2.15. The van der Waals surface area contributed by atoms with Crippen LogP contribution in [-0.4, -0.2) is 49.9 Å². The van der Waals surface area contributed by atoms with E-state index >= 15 is 0 Å². The molecule has 0 fully saturated rings. The molecule has 0 heterocycles. The summed E-state index contributed by atoms with van der Waals surface area (Å²) in [7, 11) is 7.21. The highest BCUT2D eigenvalue weighted by atomic mass is 35.5. The number of hydrogen-bond donors (Lipinski definition) is 3. The van der Waals surface area contributed by atoms with Crippen LogP contribution in [0.2, 0.25) is 5.02 Å². The quantitative estimate of drug-likeness (QED) is 0.451. The van der Waals surface area contributed by atoms with E-state index in [1.54, 1.807) is 19.0 Å². The molecule has 12 nitrogen and oxygen atoms in total. The molecule has 2 amide bonds. The van der Waals surface area contributed by atoms with Crippen molar-refractivity contribution in [1.82, 2.24) is 5.32 Å². The van der Waals surface area contributed by atoms with Crippen LogP contribution in [0.25, 0.3) is 0 Å². The molecule has 2 aromatic carbocycles. The number of nitro benzene ring substituents is 2. The SMILES string of the molecule is CN(C)c1ccc([N+](=O)[O-])cc1C(N)=O.CNC.NC(=O)c1cc([N+](=O)[O-])ccc1Cl. The van der Waals surface area contributed by atoms with Gasteiger partial charge in [0.1, 0.15) is 0 Å². The lowest BCUT2D eigenvalue weighted by Crippen LogP contribution is -2.18. The van der Waals surface area contributed by atoms with Gasteiger partial charge in [0.15, 0.2) is 0 Å². The number of amides is 2. The average molecular weight is 455 g/mol. The van der Waals surface area contributed by atoms with E-state index in [0.29, 0.717) is 5.69 Å². The topological polar surface area (TPSA) is 188 Å². The van der Waals surface area contributed by atoms with Gasteiger partial charge in [0.05, 0.1) is 26.0 Å². The Balaban J connectivity index is 0.000000519. The largest absolute Gasteiger partial charge is 0.377 e. The zero-order chi connectivity index (χ0) is 24.3. The van der Waals surface area contributed by atoms with Crippen LogP contribution in [0.4, 0.5) is 17.1 Å². The number of rotatable bonds is 5. The minimum Gasteiger partial charge on any atom is -0.377 e. The van der Waals surface area contributed by atoms with Gasteiger partial charge in [-0.3, -0.25) is 29.8 Å². The fourth-order valence-corrected chi connectivity index (χ4v) is 2.25. The van der Waals surface area contributed by atoms with Crippen molar-refractivity contribution >= 4 is 40.5 Å². The van der Waals surface area contributed by atoms with Crippen molar-refractivity contribution in [2.45, 2.75) is 0 Å². The molecule has 168 valence electrons. The van der Waals surface area contributed by atoms with Gasteiger partial charge in [0.2, 0.25) is 5.91 Å². The van der Waals surface area contributed by atoms with Gasteiger partial charge in [-0.05, 0) is 26.2 Å². The number of carbonyl (C=O) groups excluding carboxylic acids is 2. The molecule has 5 N–H and O–H groups in total. The molecule has 0 aliphatic rings. The molecule has 0 saturated carbocycles. The van der Waals surface area contributed by atoms with E-state index in [1.165, 1.54) is 30.3 Å². The molecular formula is C18H23ClN6O6. The standard InChI is InChI=1S/C9H11N3O3.C7H5ClN2O3.C2H7N/c1-11(2)8-4-3-6(12(14)15)5-7(8)9(10)13;8-6-2-1-4(10(12)13)3-5(6)7(9)11;1-3-2/h3-5H,1-2H3,(H2,10,13);1-3H,(H2,9,11);3H,1-2H3. The number of anilines is 1. The highest BCUT2D eigenvalue weighted by molar-refractivity contribution is 6.33. The van der Waals surface area contributed by atoms with E-state index in [-0.39, 0.29) is 27.5 Å². The van der Waals surface area contributed by atoms with E-state index in [4.69, 9.17) is 23.1 Å². The summed E-state index contributed by atoms with van der Waals surface area (Å²) in [4.78, 5) is 43.1. The monoisotopic (exact) mass is 454 g/mol. The van der Waals surface area contributed by atoms with E-state index in [1.807, 2.05) is 14.1 Å². The molecule has 0 aromatic heterocycles. The summed E-state index contributed by atoms with van der Waals surface area (Å²) in [5.74, 6) is -1.46. The minimum atomic E-state index is -0.784. The minimum absolute atomic E-state index is 0.0455. The molecule has 0 bridgehead atoms. The summed E-state index contributed by atoms with van der Waals surface area (Å²) in [6.07, 6.45) is 0. The third-order valence-electron chi connectivity index (χ3n) is 3.36. The first kappa shape index (κ1) is 27.2. The Morgan fingerprint density at radius 3 is 1.65 bits per heavy atom. The molecule has 0 atom stereocenters. The molecule has 0 aliphatic carbocycles. The molecule has 0 unspecified atom stereocenters. The van der Waals surface area contributed by atoms with Crippen molar-refractivity contribution in [3.63, 3.8) is 0 Å². The van der Waals surface area contributed by atoms with Gasteiger partial charge >= 0.3 is 0 Å². The lowest BCUT2D eigenvalue weighted by Gasteiger charge is -2.15. The van der Waals surface area contributed by atoms with Crippen molar-refractivity contribution in [2.24, 2.45) is 11.5 Å². The summed E-state index contributed by atoms with van der Waals surface area (Å²) >= 11 is 5.57. The van der Waals surface area contributed by atoms with Crippen molar-refractivity contribution < 1.29 is 19.4 Å². The Labute approximate surface area is 183 Å². The number of benzene rings is 2. The average Bonchev–Trinajstić information content (AvgIpc) is 2.68. The van der Waals surface area contributed by atoms with Gasteiger partial charge in [-0.2, -0.15) is 0 Å². The maximum Gasteiger partial charge on any atom is 0.270 e. The number of halogens is 1. The Hall–Kier alpha value is -3.77. The molecule has 0 spiro atoms. The van der Waals surface area contributed by atoms with E-state index in [0.717, 1.165) is 6.07 Å². The van der Waals surface area contributed by atoms with Crippen molar-refractivity contribution in [2.75, 3.05) is 33.1 Å². The van der Waals surface area contributed by atoms with Crippen molar-refractivity contribution in [1.29, 1.82) is 0 Å². The number of nitrogens with two attached hydrogens (primary N) is 2. The molecule has 31 heavy (non-hydrogen) atoms. The number of nitrogens with zero attached hydrogens (tertiary/aromatic N) is 3. The van der Waals surface area contributed by atoms with Crippen LogP contribution in [-0.2, 0) is 0 Å². The smallest absolute Gasteiger partial charge is 0.270 e. The van der Waals surface area contributed by atoms with Crippen LogP contribution >= 0.6 is 11.6 Å². The first-order valence-electron chi connectivity index (χ1n) is 8.45. The summed E-state index contributed by atoms with van der Waals surface area (Å²) < 4.78 is 0. The Bertz CT molecular complexity index is 967. The summed E-state index contributed by atoms with van der Waals surface area (Å²) in [6, 6.07) is 7.52. The number of nitro groups is 2. The van der Waals surface area contributed by atoms with Gasteiger partial charge in [-0.1, -0.05) is 11.6 Å². The molecule has 13 heteroatoms. The van der Waals surface area contributed by atoms with Crippen LogP contribution in [0.5, 0.6) is 0 Å². The summed E-state index contributed by atoms with van der Waals surface area (Å²) in [6.45, 7) is 0. The van der Waals surface area contributed by atoms with Gasteiger partial charge in [0.25, 0.3) is 17.3 Å². The van der Waals surface area contributed by atoms with Crippen LogP contribution in [0, 0.1) is 20.2 Å². The zero-order valence-corrected chi connectivity index (χ0v) is 18.0. The predicted molar refractivity (Wildman–Crippen MR) is 118 cm³/mol. The second-order valence-electron chi connectivity index (χ2n) is 6.00. The van der Waals surface area contributed by atoms with Gasteiger partial charge in [-0.25, -0.2) is 0 Å². The second-order valence-corrected chi connectivity index (χ2v) is 6.41. The number of nitrogens with one attached hydrogen (secondary N) is 1. The van der Waals surface area contributed by atoms with E-state index < -0.39 is 21.7 Å². The van der Waals surface area contributed by atoms with Gasteiger partial charge in [0, 0.05) is 44.0 Å².